The van der Waals surface area contributed by atoms with Gasteiger partial charge >= 0.3 is 0 Å². The summed E-state index contributed by atoms with van der Waals surface area (Å²) < 4.78 is 2.85. The highest BCUT2D eigenvalue weighted by molar-refractivity contribution is 7.21. The molecule has 0 saturated heterocycles. The second-order valence-electron chi connectivity index (χ2n) is 5.88. The summed E-state index contributed by atoms with van der Waals surface area (Å²) in [6, 6.07) is 17.7. The van der Waals surface area contributed by atoms with E-state index < -0.39 is 0 Å². The summed E-state index contributed by atoms with van der Waals surface area (Å²) in [6.45, 7) is 0.532. The molecule has 1 amide bonds. The minimum absolute atomic E-state index is 0.133. The molecular weight excluding hydrogens is 366 g/mol. The highest BCUT2D eigenvalue weighted by atomic mass is 35.5. The summed E-state index contributed by atoms with van der Waals surface area (Å²) in [5, 5.41) is 8.77. The number of fused-ring (bicyclic) bond motifs is 1. The first-order chi connectivity index (χ1) is 12.7. The quantitative estimate of drug-likeness (QED) is 0.544. The van der Waals surface area contributed by atoms with Gasteiger partial charge in [-0.1, -0.05) is 48.0 Å². The number of carbonyl (C=O) groups excluding carboxylic acids is 1. The lowest BCUT2D eigenvalue weighted by Crippen LogP contribution is -2.25. The van der Waals surface area contributed by atoms with Crippen LogP contribution >= 0.6 is 22.9 Å². The molecule has 0 bridgehead atoms. The van der Waals surface area contributed by atoms with Gasteiger partial charge in [0.1, 0.15) is 4.88 Å². The minimum atomic E-state index is -0.133. The maximum atomic E-state index is 12.4. The number of hydrogen-bond donors (Lipinski definition) is 1. The molecule has 0 unspecified atom stereocenters. The van der Waals surface area contributed by atoms with Gasteiger partial charge in [0.15, 0.2) is 0 Å². The third-order valence-electron chi connectivity index (χ3n) is 4.10. The summed E-state index contributed by atoms with van der Waals surface area (Å²) in [5.41, 5.74) is 2.08. The average molecular weight is 382 g/mol. The number of para-hydroxylation sites is 1. The van der Waals surface area contributed by atoms with Crippen LogP contribution in [0.5, 0.6) is 0 Å². The predicted molar refractivity (Wildman–Crippen MR) is 106 cm³/mol. The molecule has 130 valence electrons. The number of hydrogen-bond acceptors (Lipinski definition) is 3. The van der Waals surface area contributed by atoms with Crippen LogP contribution in [0, 0.1) is 0 Å². The van der Waals surface area contributed by atoms with Crippen molar-refractivity contribution in [3.05, 3.63) is 82.5 Å². The van der Waals surface area contributed by atoms with Crippen LogP contribution in [-0.4, -0.2) is 22.2 Å². The Kier molecular flexibility index (Phi) is 4.73. The predicted octanol–water partition coefficient (Wildman–Crippen LogP) is 4.71. The monoisotopic (exact) mass is 381 g/mol. The van der Waals surface area contributed by atoms with E-state index in [1.165, 1.54) is 11.3 Å². The number of amides is 1. The van der Waals surface area contributed by atoms with Crippen LogP contribution in [0.1, 0.15) is 15.2 Å². The van der Waals surface area contributed by atoms with Gasteiger partial charge in [-0.15, -0.1) is 11.3 Å². The molecular formula is C20H16ClN3OS. The van der Waals surface area contributed by atoms with Crippen molar-refractivity contribution in [2.24, 2.45) is 0 Å². The Morgan fingerprint density at radius 2 is 1.88 bits per heavy atom. The van der Waals surface area contributed by atoms with Crippen molar-refractivity contribution in [3.63, 3.8) is 0 Å². The zero-order chi connectivity index (χ0) is 17.9. The molecule has 0 saturated carbocycles. The SMILES string of the molecule is O=C(NCCc1cnn(-c2ccccc2)c1)c1sc2ccccc2c1Cl. The lowest BCUT2D eigenvalue weighted by atomic mass is 10.2. The van der Waals surface area contributed by atoms with Crippen LogP contribution in [0.2, 0.25) is 5.02 Å². The van der Waals surface area contributed by atoms with Crippen LogP contribution in [0.25, 0.3) is 15.8 Å². The van der Waals surface area contributed by atoms with Crippen LogP contribution in [0.3, 0.4) is 0 Å². The number of benzene rings is 2. The lowest BCUT2D eigenvalue weighted by Gasteiger charge is -2.03. The zero-order valence-electron chi connectivity index (χ0n) is 13.9. The van der Waals surface area contributed by atoms with E-state index in [1.807, 2.05) is 71.7 Å². The molecule has 0 aliphatic heterocycles. The van der Waals surface area contributed by atoms with Crippen molar-refractivity contribution in [2.75, 3.05) is 6.54 Å². The fraction of sp³-hybridized carbons (Fsp3) is 0.100. The molecule has 0 aliphatic rings. The van der Waals surface area contributed by atoms with E-state index in [4.69, 9.17) is 11.6 Å². The number of rotatable bonds is 5. The first-order valence-corrected chi connectivity index (χ1v) is 9.46. The zero-order valence-corrected chi connectivity index (χ0v) is 15.4. The van der Waals surface area contributed by atoms with Gasteiger partial charge in [0.2, 0.25) is 0 Å². The summed E-state index contributed by atoms with van der Waals surface area (Å²) in [5.74, 6) is -0.133. The van der Waals surface area contributed by atoms with E-state index in [9.17, 15) is 4.79 Å². The van der Waals surface area contributed by atoms with Crippen LogP contribution in [-0.2, 0) is 6.42 Å². The van der Waals surface area contributed by atoms with E-state index in [1.54, 1.807) is 0 Å². The topological polar surface area (TPSA) is 46.9 Å². The number of nitrogens with zero attached hydrogens (tertiary/aromatic N) is 2. The Morgan fingerprint density at radius 1 is 1.12 bits per heavy atom. The van der Waals surface area contributed by atoms with Gasteiger partial charge in [0, 0.05) is 22.8 Å². The number of aromatic nitrogens is 2. The summed E-state index contributed by atoms with van der Waals surface area (Å²) in [7, 11) is 0. The highest BCUT2D eigenvalue weighted by Gasteiger charge is 2.16. The van der Waals surface area contributed by atoms with Crippen molar-refractivity contribution < 1.29 is 4.79 Å². The van der Waals surface area contributed by atoms with Crippen LogP contribution in [0.15, 0.2) is 67.0 Å². The maximum absolute atomic E-state index is 12.4. The molecule has 0 spiro atoms. The second-order valence-corrected chi connectivity index (χ2v) is 7.31. The first-order valence-electron chi connectivity index (χ1n) is 8.26. The van der Waals surface area contributed by atoms with Gasteiger partial charge in [-0.2, -0.15) is 5.10 Å². The van der Waals surface area contributed by atoms with Crippen molar-refractivity contribution in [1.82, 2.24) is 15.1 Å². The number of carbonyl (C=O) groups is 1. The number of thiophene rings is 1. The van der Waals surface area contributed by atoms with Gasteiger partial charge < -0.3 is 5.32 Å². The number of halogens is 1. The van der Waals surface area contributed by atoms with Gasteiger partial charge in [-0.3, -0.25) is 4.79 Å². The Morgan fingerprint density at radius 3 is 2.69 bits per heavy atom. The van der Waals surface area contributed by atoms with Gasteiger partial charge in [-0.05, 0) is 30.2 Å². The molecule has 0 radical (unpaired) electrons. The third-order valence-corrected chi connectivity index (χ3v) is 5.77. The third kappa shape index (κ3) is 3.36. The van der Waals surface area contributed by atoms with E-state index in [2.05, 4.69) is 10.4 Å². The van der Waals surface area contributed by atoms with E-state index in [0.717, 1.165) is 21.3 Å². The highest BCUT2D eigenvalue weighted by Crippen LogP contribution is 2.34. The lowest BCUT2D eigenvalue weighted by molar-refractivity contribution is 0.0958. The molecule has 0 aliphatic carbocycles. The van der Waals surface area contributed by atoms with Crippen molar-refractivity contribution in [1.29, 1.82) is 0 Å². The molecule has 0 fully saturated rings. The van der Waals surface area contributed by atoms with Crippen LogP contribution in [0.4, 0.5) is 0 Å². The molecule has 2 aromatic heterocycles. The van der Waals surface area contributed by atoms with Gasteiger partial charge in [0.05, 0.1) is 16.9 Å². The van der Waals surface area contributed by atoms with Crippen molar-refractivity contribution in [2.45, 2.75) is 6.42 Å². The van der Waals surface area contributed by atoms with E-state index in [-0.39, 0.29) is 5.91 Å². The molecule has 6 heteroatoms. The van der Waals surface area contributed by atoms with Crippen molar-refractivity contribution in [3.8, 4) is 5.69 Å². The molecule has 2 aromatic carbocycles. The molecule has 4 rings (SSSR count). The van der Waals surface area contributed by atoms with Gasteiger partial charge in [0.25, 0.3) is 5.91 Å². The Labute approximate surface area is 160 Å². The summed E-state index contributed by atoms with van der Waals surface area (Å²) in [4.78, 5) is 13.0. The fourth-order valence-corrected chi connectivity index (χ4v) is 4.21. The smallest absolute Gasteiger partial charge is 0.262 e. The molecule has 0 atom stereocenters. The summed E-state index contributed by atoms with van der Waals surface area (Å²) >= 11 is 7.77. The average Bonchev–Trinajstić information content (AvgIpc) is 3.28. The Hall–Kier alpha value is -2.63. The first kappa shape index (κ1) is 16.8. The van der Waals surface area contributed by atoms with Gasteiger partial charge in [-0.25, -0.2) is 4.68 Å². The molecule has 4 aromatic rings. The molecule has 2 heterocycles. The Balaban J connectivity index is 1.39. The number of nitrogens with one attached hydrogen (secondary N) is 1. The standard InChI is InChI=1S/C20H16ClN3OS/c21-18-16-8-4-5-9-17(16)26-19(18)20(25)22-11-10-14-12-23-24(13-14)15-6-2-1-3-7-15/h1-9,12-13H,10-11H2,(H,22,25). The van der Waals surface area contributed by atoms with E-state index in [0.29, 0.717) is 22.9 Å². The Bertz CT molecular complexity index is 1060. The molecule has 4 nitrogen and oxygen atoms in total. The van der Waals surface area contributed by atoms with E-state index >= 15 is 0 Å². The minimum Gasteiger partial charge on any atom is -0.351 e. The molecule has 1 N–H and O–H groups in total. The summed E-state index contributed by atoms with van der Waals surface area (Å²) in [6.07, 6.45) is 4.51. The largest absolute Gasteiger partial charge is 0.351 e. The maximum Gasteiger partial charge on any atom is 0.262 e. The normalized spacial score (nSPS) is 11.0. The molecule has 26 heavy (non-hydrogen) atoms. The fourth-order valence-electron chi connectivity index (χ4n) is 2.77. The van der Waals surface area contributed by atoms with Crippen molar-refractivity contribution >= 4 is 38.9 Å². The van der Waals surface area contributed by atoms with Crippen LogP contribution < -0.4 is 5.32 Å². The second kappa shape index (κ2) is 7.32.